The van der Waals surface area contributed by atoms with E-state index >= 15 is 0 Å². The molecule has 1 N–H and O–H groups in total. The van der Waals surface area contributed by atoms with Gasteiger partial charge >= 0.3 is 5.97 Å². The number of hydrogen-bond donors (Lipinski definition) is 1. The van der Waals surface area contributed by atoms with Crippen LogP contribution in [-0.2, 0) is 9.59 Å². The third-order valence-corrected chi connectivity index (χ3v) is 5.87. The van der Waals surface area contributed by atoms with Crippen molar-refractivity contribution in [2.45, 2.75) is 52.4 Å². The topological polar surface area (TPSA) is 76.1 Å². The SMILES string of the molecule is CCCCCCCCOc1ccc(C=C2SC(=S)N(CC(=O)O)C2=O)cc1OCC. The minimum Gasteiger partial charge on any atom is -0.490 e. The summed E-state index contributed by atoms with van der Waals surface area (Å²) in [6.45, 7) is 4.81. The quantitative estimate of drug-likeness (QED) is 0.254. The minimum absolute atomic E-state index is 0.248. The van der Waals surface area contributed by atoms with E-state index in [0.717, 1.165) is 35.1 Å². The summed E-state index contributed by atoms with van der Waals surface area (Å²) in [5.74, 6) is -0.189. The number of amides is 1. The molecular weight excluding hydrogens is 422 g/mol. The van der Waals surface area contributed by atoms with Crippen LogP contribution in [0.3, 0.4) is 0 Å². The smallest absolute Gasteiger partial charge is 0.323 e. The molecule has 1 aromatic rings. The van der Waals surface area contributed by atoms with Gasteiger partial charge in [0.25, 0.3) is 5.91 Å². The van der Waals surface area contributed by atoms with Crippen LogP contribution in [0.1, 0.15) is 57.9 Å². The lowest BCUT2D eigenvalue weighted by Crippen LogP contribution is -2.33. The first-order valence-electron chi connectivity index (χ1n) is 10.3. The van der Waals surface area contributed by atoms with Gasteiger partial charge in [-0.25, -0.2) is 0 Å². The van der Waals surface area contributed by atoms with Gasteiger partial charge in [0.15, 0.2) is 11.5 Å². The van der Waals surface area contributed by atoms with Gasteiger partial charge in [-0.1, -0.05) is 69.1 Å². The number of carboxylic acid groups (broad SMARTS) is 1. The lowest BCUT2D eigenvalue weighted by molar-refractivity contribution is -0.140. The standard InChI is InChI=1S/C22H29NO5S2/c1-3-5-6-7-8-9-12-28-17-11-10-16(13-18(17)27-4-2)14-19-21(26)23(15-20(24)25)22(29)30-19/h10-11,13-14H,3-9,12,15H2,1-2H3,(H,24,25). The summed E-state index contributed by atoms with van der Waals surface area (Å²) in [6.07, 6.45) is 8.88. The first-order valence-corrected chi connectivity index (χ1v) is 11.6. The number of carbonyl (C=O) groups is 2. The Bertz CT molecular complexity index is 794. The Hall–Kier alpha value is -2.06. The van der Waals surface area contributed by atoms with Crippen molar-refractivity contribution in [1.29, 1.82) is 0 Å². The minimum atomic E-state index is -1.10. The number of hydrogen-bond acceptors (Lipinski definition) is 6. The Morgan fingerprint density at radius 2 is 1.87 bits per heavy atom. The van der Waals surface area contributed by atoms with Gasteiger partial charge in [-0.15, -0.1) is 0 Å². The summed E-state index contributed by atoms with van der Waals surface area (Å²) in [4.78, 5) is 24.8. The zero-order valence-corrected chi connectivity index (χ0v) is 19.2. The fourth-order valence-electron chi connectivity index (χ4n) is 2.99. The average molecular weight is 452 g/mol. The Balaban J connectivity index is 2.02. The number of carbonyl (C=O) groups excluding carboxylic acids is 1. The Morgan fingerprint density at radius 1 is 1.13 bits per heavy atom. The third-order valence-electron chi connectivity index (χ3n) is 4.49. The van der Waals surface area contributed by atoms with E-state index < -0.39 is 18.4 Å². The van der Waals surface area contributed by atoms with E-state index in [9.17, 15) is 9.59 Å². The van der Waals surface area contributed by atoms with Crippen molar-refractivity contribution in [2.24, 2.45) is 0 Å². The predicted molar refractivity (Wildman–Crippen MR) is 124 cm³/mol. The van der Waals surface area contributed by atoms with Crippen LogP contribution in [0.4, 0.5) is 0 Å². The molecule has 8 heteroatoms. The monoisotopic (exact) mass is 451 g/mol. The molecule has 1 aromatic carbocycles. The van der Waals surface area contributed by atoms with Crippen LogP contribution >= 0.6 is 24.0 Å². The Morgan fingerprint density at radius 3 is 2.57 bits per heavy atom. The van der Waals surface area contributed by atoms with Crippen molar-refractivity contribution in [3.8, 4) is 11.5 Å². The molecule has 0 radical (unpaired) electrons. The van der Waals surface area contributed by atoms with Gasteiger partial charge < -0.3 is 14.6 Å². The van der Waals surface area contributed by atoms with Crippen molar-refractivity contribution in [3.05, 3.63) is 28.7 Å². The van der Waals surface area contributed by atoms with E-state index in [-0.39, 0.29) is 4.32 Å². The average Bonchev–Trinajstić information content (AvgIpc) is 2.96. The fourth-order valence-corrected chi connectivity index (χ4v) is 4.24. The second kappa shape index (κ2) is 12.6. The second-order valence-electron chi connectivity index (χ2n) is 6.92. The molecule has 0 unspecified atom stereocenters. The molecule has 0 saturated carbocycles. The van der Waals surface area contributed by atoms with Gasteiger partial charge in [0.2, 0.25) is 0 Å². The molecule has 0 aromatic heterocycles. The lowest BCUT2D eigenvalue weighted by Gasteiger charge is -2.13. The van der Waals surface area contributed by atoms with Crippen molar-refractivity contribution in [1.82, 2.24) is 4.90 Å². The van der Waals surface area contributed by atoms with Crippen LogP contribution in [0.2, 0.25) is 0 Å². The summed E-state index contributed by atoms with van der Waals surface area (Å²) < 4.78 is 11.9. The van der Waals surface area contributed by atoms with E-state index in [1.165, 1.54) is 25.7 Å². The van der Waals surface area contributed by atoms with E-state index in [4.69, 9.17) is 26.8 Å². The number of ether oxygens (including phenoxy) is 2. The fraction of sp³-hybridized carbons (Fsp3) is 0.500. The van der Waals surface area contributed by atoms with Crippen LogP contribution in [0.15, 0.2) is 23.1 Å². The molecule has 1 amide bonds. The van der Waals surface area contributed by atoms with Gasteiger partial charge in [0, 0.05) is 0 Å². The number of aliphatic carboxylic acids is 1. The number of nitrogens with zero attached hydrogens (tertiary/aromatic N) is 1. The maximum absolute atomic E-state index is 12.4. The highest BCUT2D eigenvalue weighted by molar-refractivity contribution is 8.26. The molecule has 1 saturated heterocycles. The third kappa shape index (κ3) is 7.32. The summed E-state index contributed by atoms with van der Waals surface area (Å²) >= 11 is 6.23. The Labute approximate surface area is 187 Å². The summed E-state index contributed by atoms with van der Waals surface area (Å²) in [5.41, 5.74) is 0.765. The molecule has 1 fully saturated rings. The zero-order valence-electron chi connectivity index (χ0n) is 17.5. The van der Waals surface area contributed by atoms with Crippen molar-refractivity contribution >= 4 is 46.3 Å². The molecule has 0 atom stereocenters. The van der Waals surface area contributed by atoms with Crippen LogP contribution in [-0.4, -0.2) is 46.0 Å². The summed E-state index contributed by atoms with van der Waals surface area (Å²) in [7, 11) is 0. The lowest BCUT2D eigenvalue weighted by atomic mass is 10.1. The molecule has 0 aliphatic carbocycles. The largest absolute Gasteiger partial charge is 0.490 e. The first-order chi connectivity index (χ1) is 14.5. The van der Waals surface area contributed by atoms with Crippen molar-refractivity contribution < 1.29 is 24.2 Å². The van der Waals surface area contributed by atoms with Gasteiger partial charge in [0.1, 0.15) is 10.9 Å². The van der Waals surface area contributed by atoms with Crippen molar-refractivity contribution in [3.63, 3.8) is 0 Å². The highest BCUT2D eigenvalue weighted by Gasteiger charge is 2.33. The summed E-state index contributed by atoms with van der Waals surface area (Å²) in [5, 5.41) is 8.94. The summed E-state index contributed by atoms with van der Waals surface area (Å²) in [6, 6.07) is 5.51. The number of thioether (sulfide) groups is 1. The zero-order chi connectivity index (χ0) is 21.9. The van der Waals surface area contributed by atoms with Crippen LogP contribution in [0, 0.1) is 0 Å². The van der Waals surface area contributed by atoms with E-state index in [1.54, 1.807) is 6.08 Å². The molecule has 0 spiro atoms. The van der Waals surface area contributed by atoms with E-state index in [2.05, 4.69) is 6.92 Å². The molecular formula is C22H29NO5S2. The second-order valence-corrected chi connectivity index (χ2v) is 8.59. The van der Waals surface area contributed by atoms with Gasteiger partial charge in [-0.05, 0) is 37.1 Å². The highest BCUT2D eigenvalue weighted by Crippen LogP contribution is 2.34. The maximum Gasteiger partial charge on any atom is 0.323 e. The van der Waals surface area contributed by atoms with Gasteiger partial charge in [-0.2, -0.15) is 0 Å². The number of rotatable bonds is 13. The molecule has 30 heavy (non-hydrogen) atoms. The molecule has 1 aliphatic rings. The number of benzene rings is 1. The Kier molecular flexibility index (Phi) is 10.2. The molecule has 0 bridgehead atoms. The predicted octanol–water partition coefficient (Wildman–Crippen LogP) is 5.11. The molecule has 2 rings (SSSR count). The van der Waals surface area contributed by atoms with E-state index in [0.29, 0.717) is 29.6 Å². The number of unbranched alkanes of at least 4 members (excludes halogenated alkanes) is 5. The van der Waals surface area contributed by atoms with Gasteiger partial charge in [-0.3, -0.25) is 14.5 Å². The molecule has 1 heterocycles. The van der Waals surface area contributed by atoms with Crippen LogP contribution in [0.25, 0.3) is 6.08 Å². The number of thiocarbonyl (C=S) groups is 1. The van der Waals surface area contributed by atoms with Crippen molar-refractivity contribution in [2.75, 3.05) is 19.8 Å². The number of carboxylic acids is 1. The van der Waals surface area contributed by atoms with Crippen LogP contribution < -0.4 is 9.47 Å². The maximum atomic E-state index is 12.4. The molecule has 164 valence electrons. The van der Waals surface area contributed by atoms with Gasteiger partial charge in [0.05, 0.1) is 18.1 Å². The normalized spacial score (nSPS) is 15.1. The first kappa shape index (κ1) is 24.2. The molecule has 6 nitrogen and oxygen atoms in total. The highest BCUT2D eigenvalue weighted by atomic mass is 32.2. The van der Waals surface area contributed by atoms with Crippen LogP contribution in [0.5, 0.6) is 11.5 Å². The molecule has 1 aliphatic heterocycles. The van der Waals surface area contributed by atoms with E-state index in [1.807, 2.05) is 25.1 Å².